The Morgan fingerprint density at radius 1 is 0.276 bits per heavy atom. The molecule has 2 heteroatoms. The van der Waals surface area contributed by atoms with Crippen molar-refractivity contribution in [3.63, 3.8) is 0 Å². The van der Waals surface area contributed by atoms with Gasteiger partial charge in [0.05, 0.1) is 0 Å². The molecule has 270 valence electrons. The number of nitrogens with zero attached hydrogens (tertiary/aromatic N) is 1. The van der Waals surface area contributed by atoms with E-state index >= 15 is 0 Å². The standard InChI is InChI=1S/C56H35NO/c1-2-12-36(13-3-1)38-22-26-42(27-23-38)57(43-28-24-37-14-4-5-15-39(37)32-43)44-29-31-54-52(35-44)53-33-40-16-6-7-17-45(40)55(56(53)58-54)41-25-30-50-48-20-9-8-18-46(48)47-19-10-11-21-49(47)51(50)34-41/h1-35H. The van der Waals surface area contributed by atoms with Crippen LogP contribution in [0.4, 0.5) is 17.1 Å². The van der Waals surface area contributed by atoms with Crippen molar-refractivity contribution < 1.29 is 4.42 Å². The first kappa shape index (κ1) is 32.6. The van der Waals surface area contributed by atoms with Crippen molar-refractivity contribution in [3.05, 3.63) is 212 Å². The molecule has 12 rings (SSSR count). The van der Waals surface area contributed by atoms with Gasteiger partial charge in [-0.3, -0.25) is 0 Å². The molecule has 0 bridgehead atoms. The monoisotopic (exact) mass is 737 g/mol. The molecule has 0 radical (unpaired) electrons. The summed E-state index contributed by atoms with van der Waals surface area (Å²) in [6.45, 7) is 0. The van der Waals surface area contributed by atoms with Gasteiger partial charge in [0.1, 0.15) is 11.2 Å². The lowest BCUT2D eigenvalue weighted by molar-refractivity contribution is 0.670. The van der Waals surface area contributed by atoms with E-state index < -0.39 is 0 Å². The van der Waals surface area contributed by atoms with Crippen LogP contribution in [0.5, 0.6) is 0 Å². The van der Waals surface area contributed by atoms with Crippen LogP contribution in [-0.4, -0.2) is 0 Å². The lowest BCUT2D eigenvalue weighted by atomic mass is 9.90. The van der Waals surface area contributed by atoms with Crippen molar-refractivity contribution in [1.29, 1.82) is 0 Å². The molecular weight excluding hydrogens is 703 g/mol. The predicted octanol–water partition coefficient (Wildman–Crippen LogP) is 16.2. The van der Waals surface area contributed by atoms with E-state index in [1.807, 2.05) is 0 Å². The highest BCUT2D eigenvalue weighted by atomic mass is 16.3. The van der Waals surface area contributed by atoms with Crippen LogP contribution in [-0.2, 0) is 0 Å². The van der Waals surface area contributed by atoms with Gasteiger partial charge in [-0.2, -0.15) is 0 Å². The first-order valence-electron chi connectivity index (χ1n) is 19.9. The Kier molecular flexibility index (Phi) is 7.26. The lowest BCUT2D eigenvalue weighted by Gasteiger charge is -2.26. The molecule has 2 nitrogen and oxygen atoms in total. The average molecular weight is 738 g/mol. The number of hydrogen-bond acceptors (Lipinski definition) is 2. The van der Waals surface area contributed by atoms with Gasteiger partial charge in [-0.05, 0) is 125 Å². The minimum atomic E-state index is 0.866. The summed E-state index contributed by atoms with van der Waals surface area (Å²) in [7, 11) is 0. The van der Waals surface area contributed by atoms with Crippen molar-refractivity contribution in [2.45, 2.75) is 0 Å². The molecule has 0 aliphatic heterocycles. The van der Waals surface area contributed by atoms with Crippen LogP contribution in [0.1, 0.15) is 0 Å². The fraction of sp³-hybridized carbons (Fsp3) is 0. The van der Waals surface area contributed by atoms with Crippen LogP contribution >= 0.6 is 0 Å². The molecule has 1 heterocycles. The van der Waals surface area contributed by atoms with E-state index in [9.17, 15) is 0 Å². The van der Waals surface area contributed by atoms with Crippen molar-refractivity contribution >= 4 is 92.9 Å². The maximum absolute atomic E-state index is 6.97. The number of furan rings is 1. The molecule has 12 aromatic rings. The summed E-state index contributed by atoms with van der Waals surface area (Å²) in [4.78, 5) is 2.36. The van der Waals surface area contributed by atoms with Crippen LogP contribution in [0.3, 0.4) is 0 Å². The average Bonchev–Trinajstić information content (AvgIpc) is 3.66. The van der Waals surface area contributed by atoms with E-state index in [4.69, 9.17) is 4.42 Å². The SMILES string of the molecule is c1ccc(-c2ccc(N(c3ccc4ccccc4c3)c3ccc4oc5c(-c6ccc7c8ccccc8c8ccccc8c7c6)c6ccccc6cc5c4c3)cc2)cc1. The molecular formula is C56H35NO. The van der Waals surface area contributed by atoms with Crippen LogP contribution in [0.2, 0.25) is 0 Å². The van der Waals surface area contributed by atoms with E-state index in [0.717, 1.165) is 50.1 Å². The number of anilines is 3. The first-order chi connectivity index (χ1) is 28.7. The van der Waals surface area contributed by atoms with Crippen molar-refractivity contribution in [2.24, 2.45) is 0 Å². The van der Waals surface area contributed by atoms with Gasteiger partial charge >= 0.3 is 0 Å². The van der Waals surface area contributed by atoms with Crippen LogP contribution in [0.15, 0.2) is 217 Å². The molecule has 0 spiro atoms. The van der Waals surface area contributed by atoms with E-state index in [2.05, 4.69) is 217 Å². The fourth-order valence-electron chi connectivity index (χ4n) is 9.25. The topological polar surface area (TPSA) is 16.4 Å². The summed E-state index contributed by atoms with van der Waals surface area (Å²) in [5.41, 5.74) is 9.67. The van der Waals surface area contributed by atoms with Crippen LogP contribution in [0, 0.1) is 0 Å². The van der Waals surface area contributed by atoms with Gasteiger partial charge < -0.3 is 9.32 Å². The van der Waals surface area contributed by atoms with E-state index in [-0.39, 0.29) is 0 Å². The van der Waals surface area contributed by atoms with Gasteiger partial charge in [-0.25, -0.2) is 0 Å². The van der Waals surface area contributed by atoms with Gasteiger partial charge in [-0.1, -0.05) is 158 Å². The zero-order valence-corrected chi connectivity index (χ0v) is 31.6. The number of fused-ring (bicyclic) bond motifs is 11. The largest absolute Gasteiger partial charge is 0.455 e. The highest BCUT2D eigenvalue weighted by Crippen LogP contribution is 2.46. The molecule has 0 aliphatic rings. The van der Waals surface area contributed by atoms with Crippen molar-refractivity contribution in [1.82, 2.24) is 0 Å². The van der Waals surface area contributed by atoms with Gasteiger partial charge in [0.25, 0.3) is 0 Å². The highest BCUT2D eigenvalue weighted by Gasteiger charge is 2.21. The molecule has 0 saturated heterocycles. The Bertz CT molecular complexity index is 3530. The van der Waals surface area contributed by atoms with E-state index in [1.54, 1.807) is 0 Å². The third-order valence-corrected chi connectivity index (χ3v) is 12.0. The maximum atomic E-state index is 6.97. The van der Waals surface area contributed by atoms with Crippen molar-refractivity contribution in [2.75, 3.05) is 4.90 Å². The quantitative estimate of drug-likeness (QED) is 0.164. The highest BCUT2D eigenvalue weighted by molar-refractivity contribution is 6.27. The molecule has 0 fully saturated rings. The Balaban J connectivity index is 1.08. The summed E-state index contributed by atoms with van der Waals surface area (Å²) in [5, 5.41) is 14.6. The Hall–Kier alpha value is -7.68. The normalized spacial score (nSPS) is 11.8. The van der Waals surface area contributed by atoms with E-state index in [0.29, 0.717) is 0 Å². The third kappa shape index (κ3) is 5.12. The van der Waals surface area contributed by atoms with Crippen molar-refractivity contribution in [3.8, 4) is 22.3 Å². The molecule has 0 N–H and O–H groups in total. The zero-order chi connectivity index (χ0) is 38.2. The second kappa shape index (κ2) is 12.9. The molecule has 11 aromatic carbocycles. The molecule has 1 aromatic heterocycles. The fourth-order valence-corrected chi connectivity index (χ4v) is 9.25. The van der Waals surface area contributed by atoms with Crippen LogP contribution in [0.25, 0.3) is 98.1 Å². The molecule has 0 unspecified atom stereocenters. The van der Waals surface area contributed by atoms with Crippen LogP contribution < -0.4 is 4.90 Å². The summed E-state index contributed by atoms with van der Waals surface area (Å²) < 4.78 is 6.97. The molecule has 0 atom stereocenters. The third-order valence-electron chi connectivity index (χ3n) is 12.0. The van der Waals surface area contributed by atoms with Gasteiger partial charge in [-0.15, -0.1) is 0 Å². The van der Waals surface area contributed by atoms with Gasteiger partial charge in [0, 0.05) is 33.4 Å². The van der Waals surface area contributed by atoms with Gasteiger partial charge in [0.2, 0.25) is 0 Å². The smallest absolute Gasteiger partial charge is 0.143 e. The number of rotatable bonds is 5. The summed E-state index contributed by atoms with van der Waals surface area (Å²) in [5.74, 6) is 0. The minimum absolute atomic E-state index is 0.866. The lowest BCUT2D eigenvalue weighted by Crippen LogP contribution is -2.09. The second-order valence-corrected chi connectivity index (χ2v) is 15.3. The Morgan fingerprint density at radius 3 is 1.55 bits per heavy atom. The summed E-state index contributed by atoms with van der Waals surface area (Å²) in [6, 6.07) is 76.9. The number of hydrogen-bond donors (Lipinski definition) is 0. The first-order valence-corrected chi connectivity index (χ1v) is 19.9. The Labute approximate surface area is 335 Å². The van der Waals surface area contributed by atoms with Gasteiger partial charge in [0.15, 0.2) is 0 Å². The zero-order valence-electron chi connectivity index (χ0n) is 31.6. The molecule has 0 amide bonds. The maximum Gasteiger partial charge on any atom is 0.143 e. The summed E-state index contributed by atoms with van der Waals surface area (Å²) in [6.07, 6.45) is 0. The molecule has 0 aliphatic carbocycles. The van der Waals surface area contributed by atoms with E-state index in [1.165, 1.54) is 65.0 Å². The minimum Gasteiger partial charge on any atom is -0.455 e. The summed E-state index contributed by atoms with van der Waals surface area (Å²) >= 11 is 0. The second-order valence-electron chi connectivity index (χ2n) is 15.3. The Morgan fingerprint density at radius 2 is 0.810 bits per heavy atom. The molecule has 0 saturated carbocycles. The molecule has 58 heavy (non-hydrogen) atoms. The number of benzene rings is 11. The predicted molar refractivity (Wildman–Crippen MR) is 247 cm³/mol.